The van der Waals surface area contributed by atoms with E-state index in [0.29, 0.717) is 5.88 Å². The molecule has 132 valence electrons. The Morgan fingerprint density at radius 1 is 1.00 bits per heavy atom. The van der Waals surface area contributed by atoms with E-state index < -0.39 is 0 Å². The molecule has 0 aliphatic rings. The molecule has 3 heterocycles. The molecule has 0 aliphatic heterocycles. The predicted octanol–water partition coefficient (Wildman–Crippen LogP) is 6.25. The molecule has 4 nitrogen and oxygen atoms in total. The highest BCUT2D eigenvalue weighted by molar-refractivity contribution is 7.17. The van der Waals surface area contributed by atoms with Crippen LogP contribution in [0.4, 0.5) is 0 Å². The molecule has 0 saturated heterocycles. The van der Waals surface area contributed by atoms with Gasteiger partial charge in [-0.15, -0.1) is 11.3 Å². The zero-order valence-electron chi connectivity index (χ0n) is 15.0. The number of ether oxygens (including phenoxy) is 1. The molecule has 0 atom stereocenters. The lowest BCUT2D eigenvalue weighted by atomic mass is 9.93. The molecule has 0 amide bonds. The molecule has 0 radical (unpaired) electrons. The first-order chi connectivity index (χ1) is 13.2. The van der Waals surface area contributed by atoms with Crippen molar-refractivity contribution in [3.63, 3.8) is 0 Å². The van der Waals surface area contributed by atoms with Crippen LogP contribution < -0.4 is 4.74 Å². The van der Waals surface area contributed by atoms with Crippen molar-refractivity contribution in [1.82, 2.24) is 15.0 Å². The van der Waals surface area contributed by atoms with E-state index in [2.05, 4.69) is 53.1 Å². The molecule has 5 rings (SSSR count). The average molecular weight is 371 g/mol. The summed E-state index contributed by atoms with van der Waals surface area (Å²) < 4.78 is 6.98. The first-order valence-corrected chi connectivity index (χ1v) is 9.62. The van der Waals surface area contributed by atoms with Gasteiger partial charge in [-0.25, -0.2) is 9.97 Å². The van der Waals surface area contributed by atoms with Gasteiger partial charge in [0.25, 0.3) is 0 Å². The molecule has 2 aromatic carbocycles. The third kappa shape index (κ3) is 2.67. The molecule has 0 unspecified atom stereocenters. The van der Waals surface area contributed by atoms with Crippen molar-refractivity contribution < 1.29 is 4.74 Å². The molecule has 5 aromatic rings. The molecule has 5 heteroatoms. The summed E-state index contributed by atoms with van der Waals surface area (Å²) in [4.78, 5) is 12.0. The molecule has 0 spiro atoms. The van der Waals surface area contributed by atoms with Crippen molar-refractivity contribution in [2.24, 2.45) is 0 Å². The highest BCUT2D eigenvalue weighted by Gasteiger charge is 2.12. The number of thiazole rings is 1. The summed E-state index contributed by atoms with van der Waals surface area (Å²) in [6.45, 7) is 4.33. The van der Waals surface area contributed by atoms with Crippen molar-refractivity contribution in [2.75, 3.05) is 0 Å². The number of pyridine rings is 1. The van der Waals surface area contributed by atoms with E-state index in [4.69, 9.17) is 4.74 Å². The Morgan fingerprint density at radius 3 is 2.70 bits per heavy atom. The van der Waals surface area contributed by atoms with E-state index in [9.17, 15) is 0 Å². The topological polar surface area (TPSA) is 50.8 Å². The molecular weight excluding hydrogens is 354 g/mol. The van der Waals surface area contributed by atoms with E-state index in [1.54, 1.807) is 6.20 Å². The summed E-state index contributed by atoms with van der Waals surface area (Å²) in [5.74, 6) is 1.37. The lowest BCUT2D eigenvalue weighted by Gasteiger charge is -2.13. The van der Waals surface area contributed by atoms with Crippen LogP contribution in [0, 0.1) is 13.8 Å². The summed E-state index contributed by atoms with van der Waals surface area (Å²) >= 11 is 1.54. The zero-order chi connectivity index (χ0) is 18.4. The van der Waals surface area contributed by atoms with Crippen molar-refractivity contribution in [3.05, 3.63) is 71.5 Å². The van der Waals surface area contributed by atoms with E-state index in [0.717, 1.165) is 16.0 Å². The molecule has 1 N–H and O–H groups in total. The van der Waals surface area contributed by atoms with Gasteiger partial charge in [-0.1, -0.05) is 12.1 Å². The van der Waals surface area contributed by atoms with Crippen molar-refractivity contribution in [1.29, 1.82) is 0 Å². The summed E-state index contributed by atoms with van der Waals surface area (Å²) in [5, 5.41) is 1.26. The fourth-order valence-electron chi connectivity index (χ4n) is 3.63. The van der Waals surface area contributed by atoms with Crippen LogP contribution in [0.25, 0.3) is 32.2 Å². The Morgan fingerprint density at radius 2 is 1.85 bits per heavy atom. The summed E-state index contributed by atoms with van der Waals surface area (Å²) in [6.07, 6.45) is 3.72. The Labute approximate surface area is 160 Å². The van der Waals surface area contributed by atoms with Crippen LogP contribution in [0.5, 0.6) is 11.6 Å². The summed E-state index contributed by atoms with van der Waals surface area (Å²) in [7, 11) is 0. The van der Waals surface area contributed by atoms with Crippen molar-refractivity contribution in [3.8, 4) is 22.8 Å². The lowest BCUT2D eigenvalue weighted by molar-refractivity contribution is 0.470. The maximum Gasteiger partial charge on any atom is 0.238 e. The first kappa shape index (κ1) is 16.0. The second kappa shape index (κ2) is 6.21. The summed E-state index contributed by atoms with van der Waals surface area (Å²) in [5.41, 5.74) is 8.90. The number of benzene rings is 2. The number of hydrogen-bond donors (Lipinski definition) is 1. The molecule has 0 aliphatic carbocycles. The number of hydrogen-bond acceptors (Lipinski definition) is 4. The number of aromatic amines is 1. The van der Waals surface area contributed by atoms with Crippen molar-refractivity contribution in [2.45, 2.75) is 13.8 Å². The minimum Gasteiger partial charge on any atom is -0.438 e. The van der Waals surface area contributed by atoms with Crippen LogP contribution in [0.1, 0.15) is 11.1 Å². The monoisotopic (exact) mass is 371 g/mol. The Hall–Kier alpha value is -3.18. The quantitative estimate of drug-likeness (QED) is 0.408. The van der Waals surface area contributed by atoms with Gasteiger partial charge in [0.05, 0.1) is 11.0 Å². The van der Waals surface area contributed by atoms with Crippen LogP contribution in [0.3, 0.4) is 0 Å². The second-order valence-corrected chi connectivity index (χ2v) is 7.43. The Balaban J connectivity index is 1.51. The van der Waals surface area contributed by atoms with Gasteiger partial charge < -0.3 is 9.72 Å². The van der Waals surface area contributed by atoms with Gasteiger partial charge in [0.15, 0.2) is 0 Å². The molecule has 0 saturated carbocycles. The largest absolute Gasteiger partial charge is 0.438 e. The zero-order valence-corrected chi connectivity index (χ0v) is 15.8. The van der Waals surface area contributed by atoms with Gasteiger partial charge in [0.1, 0.15) is 10.4 Å². The van der Waals surface area contributed by atoms with E-state index >= 15 is 0 Å². The molecule has 3 aromatic heterocycles. The van der Waals surface area contributed by atoms with Crippen LogP contribution in [0.15, 0.2) is 60.4 Å². The van der Waals surface area contributed by atoms with E-state index in [1.807, 2.05) is 29.9 Å². The van der Waals surface area contributed by atoms with Gasteiger partial charge >= 0.3 is 0 Å². The number of nitrogens with zero attached hydrogens (tertiary/aromatic N) is 2. The minimum absolute atomic E-state index is 0.601. The highest BCUT2D eigenvalue weighted by atomic mass is 32.1. The third-order valence-electron chi connectivity index (χ3n) is 4.88. The highest BCUT2D eigenvalue weighted by Crippen LogP contribution is 2.35. The number of H-pyrrole nitrogens is 1. The van der Waals surface area contributed by atoms with Crippen LogP contribution in [-0.4, -0.2) is 15.0 Å². The third-order valence-corrected chi connectivity index (χ3v) is 5.71. The van der Waals surface area contributed by atoms with Gasteiger partial charge in [0.2, 0.25) is 5.88 Å². The molecular formula is C22H17N3OS. The first-order valence-electron chi connectivity index (χ1n) is 8.74. The number of aromatic nitrogens is 3. The Bertz CT molecular complexity index is 1270. The van der Waals surface area contributed by atoms with Gasteiger partial charge in [-0.05, 0) is 66.4 Å². The summed E-state index contributed by atoms with van der Waals surface area (Å²) in [6, 6.07) is 14.4. The molecule has 27 heavy (non-hydrogen) atoms. The Kier molecular flexibility index (Phi) is 3.69. The van der Waals surface area contributed by atoms with E-state index in [-0.39, 0.29) is 0 Å². The average Bonchev–Trinajstić information content (AvgIpc) is 3.33. The number of fused-ring (bicyclic) bond motifs is 2. The van der Waals surface area contributed by atoms with Gasteiger partial charge in [-0.2, -0.15) is 0 Å². The molecule has 0 bridgehead atoms. The number of rotatable bonds is 3. The standard InChI is InChI=1S/C22H17N3OS/c1-13-11-19-17(7-9-23-19)14(2)20(13)15-3-5-16(6-4-15)26-22-21-18(8-10-24-22)25-12-27-21/h3-12,23H,1-2H3. The second-order valence-electron chi connectivity index (χ2n) is 6.58. The minimum atomic E-state index is 0.601. The van der Waals surface area contributed by atoms with E-state index in [1.165, 1.54) is 44.5 Å². The lowest BCUT2D eigenvalue weighted by Crippen LogP contribution is -1.91. The van der Waals surface area contributed by atoms with Gasteiger partial charge in [-0.3, -0.25) is 0 Å². The van der Waals surface area contributed by atoms with Crippen LogP contribution in [0.2, 0.25) is 0 Å². The fraction of sp³-hybridized carbons (Fsp3) is 0.0909. The van der Waals surface area contributed by atoms with Crippen molar-refractivity contribution >= 4 is 32.5 Å². The van der Waals surface area contributed by atoms with Crippen LogP contribution in [-0.2, 0) is 0 Å². The SMILES string of the molecule is Cc1cc2[nH]ccc2c(C)c1-c1ccc(Oc2nccc3ncsc23)cc1. The molecule has 0 fully saturated rings. The predicted molar refractivity (Wildman–Crippen MR) is 111 cm³/mol. The number of nitrogens with one attached hydrogen (secondary N) is 1. The number of aryl methyl sites for hydroxylation is 2. The maximum atomic E-state index is 6.01. The smallest absolute Gasteiger partial charge is 0.238 e. The fourth-order valence-corrected chi connectivity index (χ4v) is 4.34. The van der Waals surface area contributed by atoms with Gasteiger partial charge in [0, 0.05) is 23.3 Å². The maximum absolute atomic E-state index is 6.01. The van der Waals surface area contributed by atoms with Crippen LogP contribution >= 0.6 is 11.3 Å². The normalized spacial score (nSPS) is 11.3.